The Balaban J connectivity index is 3.76. The number of esters is 4. The van der Waals surface area contributed by atoms with Gasteiger partial charge in [0.15, 0.2) is 24.6 Å². The van der Waals surface area contributed by atoms with Crippen LogP contribution in [0.4, 0.5) is 0 Å². The van der Waals surface area contributed by atoms with Crippen molar-refractivity contribution in [2.75, 3.05) is 19.8 Å². The van der Waals surface area contributed by atoms with Crippen LogP contribution in [0.1, 0.15) is 88.5 Å². The molecule has 0 spiro atoms. The molecule has 39 heavy (non-hydrogen) atoms. The molecule has 0 aromatic heterocycles. The van der Waals surface area contributed by atoms with E-state index < -0.39 is 82.8 Å². The second-order valence-electron chi connectivity index (χ2n) is 12.4. The minimum atomic E-state index is -1.58. The molecular formula is C28H49NO10. The molecule has 0 aliphatic carbocycles. The normalized spacial score (nSPS) is 25.8. The standard InChI is InChI=1S/C28H49NO10/c1-25(2,3)21(30)35-15-16-17(37-22(31)26(4,5)6)18(38-23(32)27(7,8)9)19(20(36-16)34-14-13-29)39-24(33)28(10,11)12/h16-20H,13-15,29H2,1-12H3/t16-,17-,18+,19-,20?/m1/s1/i1D,4D,7D,10D. The number of ether oxygens (including phenoxy) is 6. The van der Waals surface area contributed by atoms with Gasteiger partial charge in [-0.3, -0.25) is 19.2 Å². The number of carbonyl (C=O) groups excluding carboxylic acids is 4. The molecule has 5 atom stereocenters. The lowest BCUT2D eigenvalue weighted by Crippen LogP contribution is -2.64. The van der Waals surface area contributed by atoms with Gasteiger partial charge in [0, 0.05) is 12.0 Å². The van der Waals surface area contributed by atoms with Crippen molar-refractivity contribution in [3.63, 3.8) is 0 Å². The average Bonchev–Trinajstić information content (AvgIpc) is 2.96. The summed E-state index contributed by atoms with van der Waals surface area (Å²) in [7, 11) is 0. The first kappa shape index (κ1) is 28.3. The van der Waals surface area contributed by atoms with Crippen LogP contribution in [0, 0.1) is 21.7 Å². The largest absolute Gasteiger partial charge is 0.462 e. The third-order valence-electron chi connectivity index (χ3n) is 5.31. The molecule has 1 aliphatic heterocycles. The molecule has 0 radical (unpaired) electrons. The van der Waals surface area contributed by atoms with Gasteiger partial charge in [0.05, 0.1) is 28.3 Å². The van der Waals surface area contributed by atoms with Crippen molar-refractivity contribution in [1.29, 1.82) is 0 Å². The highest BCUT2D eigenvalue weighted by atomic mass is 16.7. The predicted molar refractivity (Wildman–Crippen MR) is 142 cm³/mol. The fourth-order valence-corrected chi connectivity index (χ4v) is 2.94. The van der Waals surface area contributed by atoms with Crippen molar-refractivity contribution in [2.45, 2.75) is 114 Å². The smallest absolute Gasteiger partial charge is 0.311 e. The van der Waals surface area contributed by atoms with Crippen molar-refractivity contribution >= 4 is 23.9 Å². The topological polar surface area (TPSA) is 150 Å². The summed E-state index contributed by atoms with van der Waals surface area (Å²) in [4.78, 5) is 52.5. The fraction of sp³-hybridized carbons (Fsp3) is 0.857. The maximum absolute atomic E-state index is 13.3. The van der Waals surface area contributed by atoms with Crippen LogP contribution in [0.15, 0.2) is 0 Å². The molecule has 1 fully saturated rings. The van der Waals surface area contributed by atoms with Gasteiger partial charge in [0.2, 0.25) is 0 Å². The van der Waals surface area contributed by atoms with Crippen LogP contribution in [0.2, 0.25) is 0 Å². The summed E-state index contributed by atoms with van der Waals surface area (Å²) in [6.07, 6.45) is -7.43. The maximum Gasteiger partial charge on any atom is 0.311 e. The predicted octanol–water partition coefficient (Wildman–Crippen LogP) is 3.15. The molecule has 11 nitrogen and oxygen atoms in total. The van der Waals surface area contributed by atoms with E-state index in [-0.39, 0.29) is 40.8 Å². The summed E-state index contributed by atoms with van der Waals surface area (Å²) in [6, 6.07) is 0. The van der Waals surface area contributed by atoms with E-state index in [1.54, 1.807) is 0 Å². The van der Waals surface area contributed by atoms with E-state index in [9.17, 15) is 19.2 Å². The zero-order valence-corrected chi connectivity index (χ0v) is 24.5. The third-order valence-corrected chi connectivity index (χ3v) is 5.31. The Bertz CT molecular complexity index is 975. The molecule has 11 heteroatoms. The molecule has 0 aromatic rings. The molecule has 0 amide bonds. The SMILES string of the molecule is [2H]CC(C)(C)C(=O)OC[C@H]1OC(OCCN)[C@H](OC(=O)C(C)(C)C[2H])[C@@H](OC(=O)C(C)(C)C[2H])[C@@H]1OC(=O)C(C)(C)C[2H]. The minimum absolute atomic E-state index is 0.0303. The van der Waals surface area contributed by atoms with Crippen molar-refractivity contribution < 1.29 is 53.1 Å². The van der Waals surface area contributed by atoms with Crippen LogP contribution in [0.5, 0.6) is 0 Å². The number of hydrogen-bond donors (Lipinski definition) is 1. The molecule has 2 N–H and O–H groups in total. The minimum Gasteiger partial charge on any atom is -0.462 e. The van der Waals surface area contributed by atoms with Gasteiger partial charge in [0.25, 0.3) is 0 Å². The van der Waals surface area contributed by atoms with Crippen molar-refractivity contribution in [3.8, 4) is 0 Å². The Morgan fingerprint density at radius 3 is 1.54 bits per heavy atom. The van der Waals surface area contributed by atoms with Gasteiger partial charge in [-0.05, 0) is 83.0 Å². The molecule has 0 saturated carbocycles. The first-order chi connectivity index (χ1) is 19.7. The van der Waals surface area contributed by atoms with E-state index in [4.69, 9.17) is 39.6 Å². The quantitative estimate of drug-likeness (QED) is 0.343. The lowest BCUT2D eigenvalue weighted by atomic mass is 9.93. The molecule has 1 rings (SSSR count). The van der Waals surface area contributed by atoms with Crippen LogP contribution in [-0.4, -0.2) is 74.3 Å². The van der Waals surface area contributed by atoms with E-state index in [0.29, 0.717) is 0 Å². The highest BCUT2D eigenvalue weighted by Gasteiger charge is 2.55. The van der Waals surface area contributed by atoms with Gasteiger partial charge in [-0.2, -0.15) is 0 Å². The highest BCUT2D eigenvalue weighted by Crippen LogP contribution is 2.34. The summed E-state index contributed by atoms with van der Waals surface area (Å²) in [5.41, 5.74) is 0.536. The molecule has 226 valence electrons. The van der Waals surface area contributed by atoms with Crippen molar-refractivity contribution in [3.05, 3.63) is 0 Å². The molecular weight excluding hydrogens is 510 g/mol. The Hall–Kier alpha value is -2.24. The van der Waals surface area contributed by atoms with Crippen LogP contribution in [-0.2, 0) is 47.6 Å². The summed E-state index contributed by atoms with van der Waals surface area (Å²) in [6.45, 7) is 9.97. The first-order valence-corrected chi connectivity index (χ1v) is 12.7. The van der Waals surface area contributed by atoms with Gasteiger partial charge in [-0.15, -0.1) is 0 Å². The number of carbonyl (C=O) groups is 4. The van der Waals surface area contributed by atoms with Crippen LogP contribution < -0.4 is 5.73 Å². The molecule has 0 bridgehead atoms. The van der Waals surface area contributed by atoms with E-state index in [1.807, 2.05) is 0 Å². The second-order valence-corrected chi connectivity index (χ2v) is 12.4. The van der Waals surface area contributed by atoms with Crippen molar-refractivity contribution in [2.24, 2.45) is 27.4 Å². The summed E-state index contributed by atoms with van der Waals surface area (Å²) in [5.74, 6) is -3.33. The molecule has 1 unspecified atom stereocenters. The molecule has 1 heterocycles. The average molecular weight is 564 g/mol. The number of hydrogen-bond acceptors (Lipinski definition) is 11. The van der Waals surface area contributed by atoms with Crippen LogP contribution in [0.3, 0.4) is 0 Å². The monoisotopic (exact) mass is 563 g/mol. The lowest BCUT2D eigenvalue weighted by molar-refractivity contribution is -0.311. The Morgan fingerprint density at radius 2 is 1.10 bits per heavy atom. The van der Waals surface area contributed by atoms with Gasteiger partial charge >= 0.3 is 23.9 Å². The zero-order chi connectivity index (χ0) is 33.4. The number of rotatable bonds is 8. The molecule has 1 aliphatic rings. The first-order valence-electron chi connectivity index (χ1n) is 15.5. The Kier molecular flexibility index (Phi) is 9.40. The fourth-order valence-electron chi connectivity index (χ4n) is 2.94. The van der Waals surface area contributed by atoms with Crippen molar-refractivity contribution in [1.82, 2.24) is 0 Å². The van der Waals surface area contributed by atoms with Crippen LogP contribution >= 0.6 is 0 Å². The summed E-state index contributed by atoms with van der Waals surface area (Å²) < 4.78 is 65.6. The lowest BCUT2D eigenvalue weighted by Gasteiger charge is -2.45. The molecule has 1 saturated heterocycles. The van der Waals surface area contributed by atoms with Gasteiger partial charge in [0.1, 0.15) is 12.7 Å². The van der Waals surface area contributed by atoms with E-state index >= 15 is 0 Å². The molecule has 0 aromatic carbocycles. The highest BCUT2D eigenvalue weighted by molar-refractivity contribution is 5.78. The Morgan fingerprint density at radius 1 is 0.692 bits per heavy atom. The second kappa shape index (κ2) is 13.0. The van der Waals surface area contributed by atoms with E-state index in [2.05, 4.69) is 0 Å². The van der Waals surface area contributed by atoms with Gasteiger partial charge < -0.3 is 34.2 Å². The summed E-state index contributed by atoms with van der Waals surface area (Å²) >= 11 is 0. The zero-order valence-electron chi connectivity index (χ0n) is 28.5. The summed E-state index contributed by atoms with van der Waals surface area (Å²) in [5, 5.41) is 0. The van der Waals surface area contributed by atoms with Crippen LogP contribution in [0.25, 0.3) is 0 Å². The van der Waals surface area contributed by atoms with E-state index in [1.165, 1.54) is 55.4 Å². The Labute approximate surface area is 238 Å². The number of nitrogens with two attached hydrogens (primary N) is 1. The third kappa shape index (κ3) is 10.3. The van der Waals surface area contributed by atoms with Gasteiger partial charge in [-0.25, -0.2) is 0 Å². The van der Waals surface area contributed by atoms with Gasteiger partial charge in [-0.1, -0.05) is 0 Å². The maximum atomic E-state index is 13.3. The van der Waals surface area contributed by atoms with E-state index in [0.717, 1.165) is 0 Å².